The fourth-order valence-corrected chi connectivity index (χ4v) is 1.48. The average Bonchev–Trinajstić information content (AvgIpc) is 2.63. The lowest BCUT2D eigenvalue weighted by Crippen LogP contribution is -1.92. The van der Waals surface area contributed by atoms with Gasteiger partial charge in [-0.2, -0.15) is 0 Å². The van der Waals surface area contributed by atoms with Gasteiger partial charge in [0, 0.05) is 17.8 Å². The SMILES string of the molecule is NC1=CC=C/C(=C2\C=CC([N+](=O)[O-])=C2)C=C1. The summed E-state index contributed by atoms with van der Waals surface area (Å²) in [6.07, 6.45) is 13.9. The van der Waals surface area contributed by atoms with Gasteiger partial charge in [0.1, 0.15) is 0 Å². The number of rotatable bonds is 1. The number of nitrogens with two attached hydrogens (primary N) is 1. The molecule has 0 aromatic rings. The van der Waals surface area contributed by atoms with E-state index in [9.17, 15) is 10.1 Å². The van der Waals surface area contributed by atoms with Crippen LogP contribution in [0.1, 0.15) is 0 Å². The summed E-state index contributed by atoms with van der Waals surface area (Å²) in [7, 11) is 0. The summed E-state index contributed by atoms with van der Waals surface area (Å²) in [5.41, 5.74) is 8.12. The predicted molar refractivity (Wildman–Crippen MR) is 61.8 cm³/mol. The van der Waals surface area contributed by atoms with Gasteiger partial charge in [-0.15, -0.1) is 0 Å². The lowest BCUT2D eigenvalue weighted by molar-refractivity contribution is -0.418. The molecule has 4 nitrogen and oxygen atoms in total. The monoisotopic (exact) mass is 214 g/mol. The molecule has 0 unspecified atom stereocenters. The molecule has 0 aromatic carbocycles. The van der Waals surface area contributed by atoms with E-state index in [2.05, 4.69) is 0 Å². The van der Waals surface area contributed by atoms with Gasteiger partial charge in [-0.05, 0) is 29.4 Å². The summed E-state index contributed by atoms with van der Waals surface area (Å²) in [5, 5.41) is 10.5. The third-order valence-corrected chi connectivity index (χ3v) is 2.30. The molecule has 0 spiro atoms. The molecule has 0 aromatic heterocycles. The Morgan fingerprint density at radius 2 is 1.81 bits per heavy atom. The lowest BCUT2D eigenvalue weighted by atomic mass is 10.1. The highest BCUT2D eigenvalue weighted by atomic mass is 16.6. The minimum atomic E-state index is -0.402. The summed E-state index contributed by atoms with van der Waals surface area (Å²) in [5.74, 6) is 0. The molecule has 0 radical (unpaired) electrons. The van der Waals surface area contributed by atoms with Gasteiger partial charge in [0.05, 0.1) is 4.92 Å². The highest BCUT2D eigenvalue weighted by Crippen LogP contribution is 2.21. The maximum atomic E-state index is 10.5. The largest absolute Gasteiger partial charge is 0.399 e. The Morgan fingerprint density at radius 3 is 2.50 bits per heavy atom. The number of hydrogen-bond acceptors (Lipinski definition) is 3. The molecule has 0 saturated heterocycles. The van der Waals surface area contributed by atoms with E-state index in [0.717, 1.165) is 11.1 Å². The highest BCUT2D eigenvalue weighted by Gasteiger charge is 2.13. The molecule has 0 amide bonds. The Labute approximate surface area is 92.6 Å². The Kier molecular flexibility index (Phi) is 2.55. The molecule has 80 valence electrons. The van der Waals surface area contributed by atoms with Crippen molar-refractivity contribution in [1.82, 2.24) is 0 Å². The van der Waals surface area contributed by atoms with Crippen LogP contribution in [0.5, 0.6) is 0 Å². The summed E-state index contributed by atoms with van der Waals surface area (Å²) in [4.78, 5) is 10.1. The third-order valence-electron chi connectivity index (χ3n) is 2.30. The van der Waals surface area contributed by atoms with E-state index in [1.807, 2.05) is 18.2 Å². The molecule has 2 aliphatic carbocycles. The van der Waals surface area contributed by atoms with Gasteiger partial charge >= 0.3 is 0 Å². The zero-order valence-electron chi connectivity index (χ0n) is 8.46. The maximum Gasteiger partial charge on any atom is 0.270 e. The second-order valence-electron chi connectivity index (χ2n) is 3.43. The summed E-state index contributed by atoms with van der Waals surface area (Å²) in [6, 6.07) is 0. The second-order valence-corrected chi connectivity index (χ2v) is 3.43. The molecule has 4 heteroatoms. The molecule has 2 aliphatic rings. The van der Waals surface area contributed by atoms with Crippen molar-refractivity contribution in [3.8, 4) is 0 Å². The summed E-state index contributed by atoms with van der Waals surface area (Å²) < 4.78 is 0. The van der Waals surface area contributed by atoms with Crippen LogP contribution in [-0.2, 0) is 0 Å². The van der Waals surface area contributed by atoms with Crippen molar-refractivity contribution in [3.63, 3.8) is 0 Å². The van der Waals surface area contributed by atoms with Crippen LogP contribution in [-0.4, -0.2) is 4.92 Å². The first kappa shape index (κ1) is 10.2. The summed E-state index contributed by atoms with van der Waals surface area (Å²) in [6.45, 7) is 0. The Hall–Kier alpha value is -2.36. The van der Waals surface area contributed by atoms with Crippen molar-refractivity contribution >= 4 is 0 Å². The molecule has 16 heavy (non-hydrogen) atoms. The first-order valence-corrected chi connectivity index (χ1v) is 4.77. The van der Waals surface area contributed by atoms with Crippen molar-refractivity contribution in [2.24, 2.45) is 5.73 Å². The van der Waals surface area contributed by atoms with Crippen LogP contribution in [0.3, 0.4) is 0 Å². The smallest absolute Gasteiger partial charge is 0.270 e. The van der Waals surface area contributed by atoms with Crippen molar-refractivity contribution < 1.29 is 4.92 Å². The maximum absolute atomic E-state index is 10.5. The zero-order chi connectivity index (χ0) is 11.5. The van der Waals surface area contributed by atoms with Gasteiger partial charge in [0.15, 0.2) is 0 Å². The fourth-order valence-electron chi connectivity index (χ4n) is 1.48. The molecule has 0 atom stereocenters. The first-order chi connectivity index (χ1) is 7.66. The summed E-state index contributed by atoms with van der Waals surface area (Å²) >= 11 is 0. The molecule has 0 aliphatic heterocycles. The molecular formula is C12H10N2O2. The molecular weight excluding hydrogens is 204 g/mol. The van der Waals surface area contributed by atoms with Crippen LogP contribution in [0, 0.1) is 10.1 Å². The van der Waals surface area contributed by atoms with E-state index in [1.54, 1.807) is 24.3 Å². The number of allylic oxidation sites excluding steroid dienone is 10. The topological polar surface area (TPSA) is 69.2 Å². The Balaban J connectivity index is 2.37. The van der Waals surface area contributed by atoms with Gasteiger partial charge in [-0.25, -0.2) is 0 Å². The minimum absolute atomic E-state index is 0.106. The molecule has 2 rings (SSSR count). The first-order valence-electron chi connectivity index (χ1n) is 4.77. The van der Waals surface area contributed by atoms with Crippen molar-refractivity contribution in [2.75, 3.05) is 0 Å². The number of nitrogens with zero attached hydrogens (tertiary/aromatic N) is 1. The van der Waals surface area contributed by atoms with E-state index in [4.69, 9.17) is 5.73 Å². The van der Waals surface area contributed by atoms with Crippen LogP contribution in [0.15, 0.2) is 71.1 Å². The van der Waals surface area contributed by atoms with Gasteiger partial charge in [-0.3, -0.25) is 10.1 Å². The van der Waals surface area contributed by atoms with Crippen LogP contribution in [0.2, 0.25) is 0 Å². The van der Waals surface area contributed by atoms with Crippen LogP contribution < -0.4 is 5.73 Å². The predicted octanol–water partition coefficient (Wildman–Crippen LogP) is 1.98. The standard InChI is InChI=1S/C12H10N2O2/c13-11-3-1-2-9(4-6-11)10-5-7-12(8-10)14(15)16/h1-8H,13H2/b10-9-. The van der Waals surface area contributed by atoms with Gasteiger partial charge in [-0.1, -0.05) is 18.2 Å². The van der Waals surface area contributed by atoms with Crippen LogP contribution in [0.4, 0.5) is 0 Å². The number of nitro groups is 1. The second kappa shape index (κ2) is 4.02. The van der Waals surface area contributed by atoms with Crippen LogP contribution >= 0.6 is 0 Å². The molecule has 0 fully saturated rings. The van der Waals surface area contributed by atoms with E-state index < -0.39 is 4.92 Å². The normalized spacial score (nSPS) is 23.0. The van der Waals surface area contributed by atoms with E-state index >= 15 is 0 Å². The zero-order valence-corrected chi connectivity index (χ0v) is 8.46. The van der Waals surface area contributed by atoms with Gasteiger partial charge in [0.2, 0.25) is 0 Å². The Morgan fingerprint density at radius 1 is 1.06 bits per heavy atom. The van der Waals surface area contributed by atoms with Crippen molar-refractivity contribution in [3.05, 3.63) is 81.3 Å². The lowest BCUT2D eigenvalue weighted by Gasteiger charge is -1.95. The van der Waals surface area contributed by atoms with Gasteiger partial charge < -0.3 is 5.73 Å². The molecule has 2 N–H and O–H groups in total. The Bertz CT molecular complexity index is 517. The van der Waals surface area contributed by atoms with Gasteiger partial charge in [0.25, 0.3) is 5.70 Å². The van der Waals surface area contributed by atoms with Crippen LogP contribution in [0.25, 0.3) is 0 Å². The molecule has 0 saturated carbocycles. The fraction of sp³-hybridized carbons (Fsp3) is 0. The average molecular weight is 214 g/mol. The van der Waals surface area contributed by atoms with E-state index in [0.29, 0.717) is 5.70 Å². The number of hydrogen-bond donors (Lipinski definition) is 1. The van der Waals surface area contributed by atoms with E-state index in [-0.39, 0.29) is 5.70 Å². The van der Waals surface area contributed by atoms with E-state index in [1.165, 1.54) is 6.08 Å². The van der Waals surface area contributed by atoms with Crippen molar-refractivity contribution in [2.45, 2.75) is 0 Å². The molecule has 0 heterocycles. The van der Waals surface area contributed by atoms with Crippen molar-refractivity contribution in [1.29, 1.82) is 0 Å². The minimum Gasteiger partial charge on any atom is -0.399 e. The third kappa shape index (κ3) is 2.00. The highest BCUT2D eigenvalue weighted by molar-refractivity contribution is 5.54. The molecule has 0 bridgehead atoms. The quantitative estimate of drug-likeness (QED) is 0.536.